The van der Waals surface area contributed by atoms with Crippen LogP contribution in [0.4, 0.5) is 0 Å². The van der Waals surface area contributed by atoms with Crippen LogP contribution in [0.15, 0.2) is 47.6 Å². The number of halogens is 2. The van der Waals surface area contributed by atoms with Crippen LogP contribution in [0.5, 0.6) is 5.75 Å². The van der Waals surface area contributed by atoms with Gasteiger partial charge in [0.15, 0.2) is 0 Å². The summed E-state index contributed by atoms with van der Waals surface area (Å²) < 4.78 is 10.1. The van der Waals surface area contributed by atoms with Gasteiger partial charge in [-0.2, -0.15) is 0 Å². The molecule has 0 bridgehead atoms. The lowest BCUT2D eigenvalue weighted by atomic mass is 10.1. The number of esters is 1. The predicted octanol–water partition coefficient (Wildman–Crippen LogP) is 6.34. The van der Waals surface area contributed by atoms with Crippen molar-refractivity contribution in [1.82, 2.24) is 0 Å². The minimum atomic E-state index is -0.339. The highest BCUT2D eigenvalue weighted by molar-refractivity contribution is 6.38. The molecule has 0 spiro atoms. The number of carbonyl (C=O) groups is 1. The van der Waals surface area contributed by atoms with Crippen molar-refractivity contribution < 1.29 is 14.3 Å². The van der Waals surface area contributed by atoms with E-state index in [2.05, 4.69) is 0 Å². The van der Waals surface area contributed by atoms with Gasteiger partial charge in [0.05, 0.1) is 23.8 Å². The third-order valence-electron chi connectivity index (χ3n) is 3.53. The highest BCUT2D eigenvalue weighted by atomic mass is 35.5. The molecule has 1 aromatic carbocycles. The minimum absolute atomic E-state index is 0.339. The summed E-state index contributed by atoms with van der Waals surface area (Å²) in [6, 6.07) is 1.75. The molecule has 0 aliphatic carbocycles. The van der Waals surface area contributed by atoms with E-state index in [4.69, 9.17) is 32.7 Å². The van der Waals surface area contributed by atoms with Crippen LogP contribution in [0.2, 0.25) is 10.0 Å². The molecule has 5 heteroatoms. The van der Waals surface area contributed by atoms with Crippen LogP contribution in [0, 0.1) is 6.92 Å². The molecule has 0 radical (unpaired) electrons. The number of ether oxygens (including phenoxy) is 2. The molecule has 140 valence electrons. The van der Waals surface area contributed by atoms with Gasteiger partial charge in [-0.25, -0.2) is 4.79 Å². The van der Waals surface area contributed by atoms with Gasteiger partial charge in [-0.3, -0.25) is 0 Å². The zero-order valence-electron chi connectivity index (χ0n) is 15.7. The number of hydrogen-bond acceptors (Lipinski definition) is 3. The van der Waals surface area contributed by atoms with E-state index in [9.17, 15) is 4.79 Å². The highest BCUT2D eigenvalue weighted by Crippen LogP contribution is 2.35. The SMILES string of the molecule is CCOC(=O)\C=C(C)/C=C/C=C(C)/C=C/c1c(Cl)cc(OC)c(C)c1Cl. The van der Waals surface area contributed by atoms with Crippen LogP contribution in [0.3, 0.4) is 0 Å². The van der Waals surface area contributed by atoms with Crippen LogP contribution >= 0.6 is 23.2 Å². The topological polar surface area (TPSA) is 35.5 Å². The lowest BCUT2D eigenvalue weighted by Crippen LogP contribution is -1.99. The maximum Gasteiger partial charge on any atom is 0.330 e. The summed E-state index contributed by atoms with van der Waals surface area (Å²) in [6.07, 6.45) is 10.9. The van der Waals surface area contributed by atoms with Gasteiger partial charge in [0.25, 0.3) is 0 Å². The average molecular weight is 395 g/mol. The number of allylic oxidation sites excluding steroid dienone is 6. The molecule has 0 fully saturated rings. The largest absolute Gasteiger partial charge is 0.496 e. The summed E-state index contributed by atoms with van der Waals surface area (Å²) >= 11 is 12.7. The number of methoxy groups -OCH3 is 1. The average Bonchev–Trinajstić information content (AvgIpc) is 2.58. The number of hydrogen-bond donors (Lipinski definition) is 0. The van der Waals surface area contributed by atoms with E-state index in [0.29, 0.717) is 22.4 Å². The Morgan fingerprint density at radius 1 is 1.19 bits per heavy atom. The van der Waals surface area contributed by atoms with Crippen molar-refractivity contribution in [3.05, 3.63) is 68.8 Å². The Labute approximate surface area is 165 Å². The van der Waals surface area contributed by atoms with E-state index in [-0.39, 0.29) is 5.97 Å². The maximum atomic E-state index is 11.4. The first-order chi connectivity index (χ1) is 12.3. The van der Waals surface area contributed by atoms with Gasteiger partial charge >= 0.3 is 5.97 Å². The Morgan fingerprint density at radius 2 is 1.88 bits per heavy atom. The number of carbonyl (C=O) groups excluding carboxylic acids is 1. The summed E-state index contributed by atoms with van der Waals surface area (Å²) in [6.45, 7) is 7.83. The fraction of sp³-hybridized carbons (Fsp3) is 0.286. The monoisotopic (exact) mass is 394 g/mol. The lowest BCUT2D eigenvalue weighted by molar-refractivity contribution is -0.137. The second-order valence-electron chi connectivity index (χ2n) is 5.66. The lowest BCUT2D eigenvalue weighted by Gasteiger charge is -2.10. The van der Waals surface area contributed by atoms with Gasteiger partial charge in [0.1, 0.15) is 5.75 Å². The van der Waals surface area contributed by atoms with Crippen molar-refractivity contribution in [3.8, 4) is 5.75 Å². The van der Waals surface area contributed by atoms with E-state index in [0.717, 1.165) is 22.3 Å². The van der Waals surface area contributed by atoms with Crippen molar-refractivity contribution in [2.75, 3.05) is 13.7 Å². The Balaban J connectivity index is 2.89. The Kier molecular flexibility index (Phi) is 9.25. The molecule has 0 heterocycles. The molecule has 0 atom stereocenters. The van der Waals surface area contributed by atoms with Gasteiger partial charge in [-0.05, 0) is 39.3 Å². The van der Waals surface area contributed by atoms with Gasteiger partial charge in [-0.15, -0.1) is 0 Å². The van der Waals surface area contributed by atoms with Crippen molar-refractivity contribution in [2.45, 2.75) is 27.7 Å². The molecule has 26 heavy (non-hydrogen) atoms. The third-order valence-corrected chi connectivity index (χ3v) is 4.33. The zero-order valence-corrected chi connectivity index (χ0v) is 17.2. The Hall–Kier alpha value is -1.97. The molecule has 1 rings (SSSR count). The van der Waals surface area contributed by atoms with E-state index in [1.807, 2.05) is 51.2 Å². The number of rotatable bonds is 7. The molecule has 1 aromatic rings. The molecule has 0 amide bonds. The molecule has 0 aliphatic heterocycles. The maximum absolute atomic E-state index is 11.4. The zero-order chi connectivity index (χ0) is 19.7. The molecule has 0 N–H and O–H groups in total. The predicted molar refractivity (Wildman–Crippen MR) is 110 cm³/mol. The summed E-state index contributed by atoms with van der Waals surface area (Å²) in [5.41, 5.74) is 3.42. The van der Waals surface area contributed by atoms with E-state index >= 15 is 0 Å². The van der Waals surface area contributed by atoms with Crippen LogP contribution < -0.4 is 4.74 Å². The van der Waals surface area contributed by atoms with Crippen LogP contribution in [0.1, 0.15) is 31.9 Å². The van der Waals surface area contributed by atoms with E-state index in [1.54, 1.807) is 20.1 Å². The Bertz CT molecular complexity index is 772. The van der Waals surface area contributed by atoms with Gasteiger partial charge < -0.3 is 9.47 Å². The minimum Gasteiger partial charge on any atom is -0.496 e. The van der Waals surface area contributed by atoms with Gasteiger partial charge in [0.2, 0.25) is 0 Å². The van der Waals surface area contributed by atoms with Crippen molar-refractivity contribution in [2.24, 2.45) is 0 Å². The fourth-order valence-electron chi connectivity index (χ4n) is 2.12. The molecule has 0 unspecified atom stereocenters. The third kappa shape index (κ3) is 6.74. The molecule has 0 saturated carbocycles. The van der Waals surface area contributed by atoms with Gasteiger partial charge in [0, 0.05) is 17.2 Å². The first-order valence-corrected chi connectivity index (χ1v) is 8.96. The summed E-state index contributed by atoms with van der Waals surface area (Å²) in [7, 11) is 1.59. The van der Waals surface area contributed by atoms with Crippen LogP contribution in [-0.2, 0) is 9.53 Å². The molecular formula is C21H24Cl2O3. The fourth-order valence-corrected chi connectivity index (χ4v) is 2.68. The quantitative estimate of drug-likeness (QED) is 0.307. The second kappa shape index (κ2) is 10.9. The van der Waals surface area contributed by atoms with E-state index < -0.39 is 0 Å². The number of benzene rings is 1. The first kappa shape index (κ1) is 22.1. The Morgan fingerprint density at radius 3 is 2.50 bits per heavy atom. The first-order valence-electron chi connectivity index (χ1n) is 8.20. The molecular weight excluding hydrogens is 371 g/mol. The van der Waals surface area contributed by atoms with Gasteiger partial charge in [-0.1, -0.05) is 59.2 Å². The smallest absolute Gasteiger partial charge is 0.330 e. The summed E-state index contributed by atoms with van der Waals surface area (Å²) in [5.74, 6) is 0.325. The molecule has 0 aromatic heterocycles. The van der Waals surface area contributed by atoms with Crippen molar-refractivity contribution in [3.63, 3.8) is 0 Å². The standard InChI is InChI=1S/C21H24Cl2O3/c1-6-26-20(24)12-15(3)9-7-8-14(2)10-11-17-18(22)13-19(25-5)16(4)21(17)23/h7-13H,6H2,1-5H3/b9-7+,11-10+,14-8+,15-12-. The highest BCUT2D eigenvalue weighted by Gasteiger charge is 2.11. The summed E-state index contributed by atoms with van der Waals surface area (Å²) in [5, 5.41) is 1.10. The summed E-state index contributed by atoms with van der Waals surface area (Å²) in [4.78, 5) is 11.4. The normalized spacial score (nSPS) is 12.9. The van der Waals surface area contributed by atoms with Crippen molar-refractivity contribution in [1.29, 1.82) is 0 Å². The van der Waals surface area contributed by atoms with Crippen LogP contribution in [-0.4, -0.2) is 19.7 Å². The van der Waals surface area contributed by atoms with Crippen molar-refractivity contribution >= 4 is 35.2 Å². The molecule has 0 saturated heterocycles. The second-order valence-corrected chi connectivity index (χ2v) is 6.44. The van der Waals surface area contributed by atoms with Crippen LogP contribution in [0.25, 0.3) is 6.08 Å². The molecule has 0 aliphatic rings. The molecule has 3 nitrogen and oxygen atoms in total. The van der Waals surface area contributed by atoms with E-state index in [1.165, 1.54) is 6.08 Å².